The maximum absolute atomic E-state index is 6.17. The maximum atomic E-state index is 6.17. The summed E-state index contributed by atoms with van der Waals surface area (Å²) in [5, 5.41) is 0.540. The zero-order valence-electron chi connectivity index (χ0n) is 11.9. The zero-order valence-corrected chi connectivity index (χ0v) is 12.6. The first kappa shape index (κ1) is 14.4. The first-order chi connectivity index (χ1) is 10.7. The van der Waals surface area contributed by atoms with Gasteiger partial charge in [0.25, 0.3) is 0 Å². The molecule has 4 heteroatoms. The summed E-state index contributed by atoms with van der Waals surface area (Å²) in [5.74, 6) is 0.805. The number of rotatable bonds is 4. The van der Waals surface area contributed by atoms with Crippen LogP contribution in [0.3, 0.4) is 0 Å². The summed E-state index contributed by atoms with van der Waals surface area (Å²) in [4.78, 5) is 4.27. The number of ether oxygens (including phenoxy) is 1. The Balaban J connectivity index is 1.72. The Morgan fingerprint density at radius 1 is 1.00 bits per heavy atom. The Morgan fingerprint density at radius 3 is 2.41 bits per heavy atom. The lowest BCUT2D eigenvalue weighted by molar-refractivity contribution is 0.306. The molecule has 1 heterocycles. The van der Waals surface area contributed by atoms with Crippen LogP contribution < -0.4 is 10.5 Å². The molecule has 110 valence electrons. The predicted octanol–water partition coefficient (Wildman–Crippen LogP) is 4.56. The Kier molecular flexibility index (Phi) is 4.26. The van der Waals surface area contributed by atoms with Gasteiger partial charge in [-0.05, 0) is 35.9 Å². The van der Waals surface area contributed by atoms with Gasteiger partial charge in [0, 0.05) is 5.56 Å². The van der Waals surface area contributed by atoms with E-state index in [1.54, 1.807) is 12.3 Å². The van der Waals surface area contributed by atoms with Gasteiger partial charge in [-0.15, -0.1) is 0 Å². The van der Waals surface area contributed by atoms with Gasteiger partial charge in [-0.3, -0.25) is 4.98 Å². The summed E-state index contributed by atoms with van der Waals surface area (Å²) >= 11 is 6.17. The lowest BCUT2D eigenvalue weighted by atomic mass is 10.1. The summed E-state index contributed by atoms with van der Waals surface area (Å²) in [6.07, 6.45) is 1.60. The van der Waals surface area contributed by atoms with Gasteiger partial charge in [-0.2, -0.15) is 0 Å². The van der Waals surface area contributed by atoms with Crippen LogP contribution >= 0.6 is 11.6 Å². The van der Waals surface area contributed by atoms with Crippen molar-refractivity contribution in [3.8, 4) is 17.0 Å². The third kappa shape index (κ3) is 3.38. The van der Waals surface area contributed by atoms with Crippen molar-refractivity contribution >= 4 is 17.3 Å². The van der Waals surface area contributed by atoms with E-state index in [0.717, 1.165) is 16.9 Å². The van der Waals surface area contributed by atoms with Crippen LogP contribution in [0.4, 0.5) is 5.69 Å². The number of halogens is 1. The number of benzene rings is 2. The fourth-order valence-electron chi connectivity index (χ4n) is 2.12. The van der Waals surface area contributed by atoms with E-state index in [1.807, 2.05) is 54.6 Å². The van der Waals surface area contributed by atoms with E-state index in [-0.39, 0.29) is 0 Å². The number of hydrogen-bond acceptors (Lipinski definition) is 3. The quantitative estimate of drug-likeness (QED) is 0.768. The van der Waals surface area contributed by atoms with E-state index in [4.69, 9.17) is 22.1 Å². The van der Waals surface area contributed by atoms with Crippen LogP contribution in [0.25, 0.3) is 11.3 Å². The van der Waals surface area contributed by atoms with Crippen molar-refractivity contribution in [2.45, 2.75) is 6.61 Å². The lowest BCUT2D eigenvalue weighted by Crippen LogP contribution is -1.95. The third-order valence-corrected chi connectivity index (χ3v) is 3.53. The minimum atomic E-state index is 0.540. The highest BCUT2D eigenvalue weighted by molar-refractivity contribution is 6.33. The number of aromatic nitrogens is 1. The average molecular weight is 311 g/mol. The standard InChI is InChI=1S/C18H15ClN2O/c19-17-10-15(20)11-21-18(17)14-6-8-16(9-7-14)22-12-13-4-2-1-3-5-13/h1-11H,12,20H2. The first-order valence-corrected chi connectivity index (χ1v) is 7.28. The minimum Gasteiger partial charge on any atom is -0.489 e. The van der Waals surface area contributed by atoms with Crippen LogP contribution in [0.15, 0.2) is 66.9 Å². The monoisotopic (exact) mass is 310 g/mol. The summed E-state index contributed by atoms with van der Waals surface area (Å²) in [5.41, 5.74) is 8.99. The van der Waals surface area contributed by atoms with Crippen LogP contribution in [0.5, 0.6) is 5.75 Å². The molecule has 0 saturated heterocycles. The smallest absolute Gasteiger partial charge is 0.119 e. The molecule has 22 heavy (non-hydrogen) atoms. The Labute approximate surface area is 134 Å². The van der Waals surface area contributed by atoms with Gasteiger partial charge in [-0.1, -0.05) is 41.9 Å². The second-order valence-electron chi connectivity index (χ2n) is 4.90. The molecule has 0 unspecified atom stereocenters. The molecule has 0 fully saturated rings. The average Bonchev–Trinajstić information content (AvgIpc) is 2.55. The SMILES string of the molecule is Nc1cnc(-c2ccc(OCc3ccccc3)cc2)c(Cl)c1. The van der Waals surface area contributed by atoms with Gasteiger partial charge >= 0.3 is 0 Å². The van der Waals surface area contributed by atoms with Gasteiger partial charge in [0.1, 0.15) is 12.4 Å². The molecule has 0 aliphatic heterocycles. The summed E-state index contributed by atoms with van der Waals surface area (Å²) in [6, 6.07) is 19.4. The highest BCUT2D eigenvalue weighted by Crippen LogP contribution is 2.28. The molecule has 0 radical (unpaired) electrons. The second-order valence-corrected chi connectivity index (χ2v) is 5.30. The van der Waals surface area contributed by atoms with E-state index < -0.39 is 0 Å². The molecular formula is C18H15ClN2O. The summed E-state index contributed by atoms with van der Waals surface area (Å²) in [6.45, 7) is 0.543. The number of nitrogens with two attached hydrogens (primary N) is 1. The van der Waals surface area contributed by atoms with E-state index in [0.29, 0.717) is 23.0 Å². The third-order valence-electron chi connectivity index (χ3n) is 3.24. The maximum Gasteiger partial charge on any atom is 0.119 e. The molecule has 3 rings (SSSR count). The van der Waals surface area contributed by atoms with Crippen molar-refractivity contribution in [1.82, 2.24) is 4.98 Å². The molecule has 0 saturated carbocycles. The second kappa shape index (κ2) is 6.50. The number of anilines is 1. The van der Waals surface area contributed by atoms with E-state index in [9.17, 15) is 0 Å². The minimum absolute atomic E-state index is 0.540. The zero-order chi connectivity index (χ0) is 15.4. The molecule has 0 aliphatic rings. The molecule has 0 spiro atoms. The fraction of sp³-hybridized carbons (Fsp3) is 0.0556. The predicted molar refractivity (Wildman–Crippen MR) is 89.9 cm³/mol. The molecule has 2 N–H and O–H groups in total. The highest BCUT2D eigenvalue weighted by atomic mass is 35.5. The molecule has 0 amide bonds. The normalized spacial score (nSPS) is 10.4. The largest absolute Gasteiger partial charge is 0.489 e. The number of nitrogens with zero attached hydrogens (tertiary/aromatic N) is 1. The van der Waals surface area contributed by atoms with Crippen LogP contribution in [-0.2, 0) is 6.61 Å². The first-order valence-electron chi connectivity index (χ1n) is 6.90. The van der Waals surface area contributed by atoms with E-state index in [1.165, 1.54) is 0 Å². The molecule has 3 nitrogen and oxygen atoms in total. The fourth-order valence-corrected chi connectivity index (χ4v) is 2.40. The number of nitrogen functional groups attached to an aromatic ring is 1. The van der Waals surface area contributed by atoms with Crippen LogP contribution in [-0.4, -0.2) is 4.98 Å². The van der Waals surface area contributed by atoms with Gasteiger partial charge < -0.3 is 10.5 Å². The van der Waals surface area contributed by atoms with Crippen molar-refractivity contribution < 1.29 is 4.74 Å². The van der Waals surface area contributed by atoms with Crippen LogP contribution in [0.1, 0.15) is 5.56 Å². The molecule has 0 bridgehead atoms. The highest BCUT2D eigenvalue weighted by Gasteiger charge is 2.06. The van der Waals surface area contributed by atoms with Crippen molar-refractivity contribution in [2.75, 3.05) is 5.73 Å². The molecule has 3 aromatic rings. The van der Waals surface area contributed by atoms with Crippen molar-refractivity contribution in [3.05, 3.63) is 77.4 Å². The number of hydrogen-bond donors (Lipinski definition) is 1. The molecule has 0 atom stereocenters. The van der Waals surface area contributed by atoms with Gasteiger partial charge in [0.2, 0.25) is 0 Å². The summed E-state index contributed by atoms with van der Waals surface area (Å²) in [7, 11) is 0. The van der Waals surface area contributed by atoms with Crippen molar-refractivity contribution in [1.29, 1.82) is 0 Å². The van der Waals surface area contributed by atoms with Crippen molar-refractivity contribution in [3.63, 3.8) is 0 Å². The van der Waals surface area contributed by atoms with Crippen LogP contribution in [0, 0.1) is 0 Å². The van der Waals surface area contributed by atoms with E-state index in [2.05, 4.69) is 4.98 Å². The lowest BCUT2D eigenvalue weighted by Gasteiger charge is -2.08. The Bertz CT molecular complexity index is 758. The molecule has 0 aliphatic carbocycles. The van der Waals surface area contributed by atoms with Crippen molar-refractivity contribution in [2.24, 2.45) is 0 Å². The summed E-state index contributed by atoms with van der Waals surface area (Å²) < 4.78 is 5.76. The Hall–Kier alpha value is -2.52. The van der Waals surface area contributed by atoms with E-state index >= 15 is 0 Å². The van der Waals surface area contributed by atoms with Crippen LogP contribution in [0.2, 0.25) is 5.02 Å². The topological polar surface area (TPSA) is 48.1 Å². The van der Waals surface area contributed by atoms with Gasteiger partial charge in [-0.25, -0.2) is 0 Å². The van der Waals surface area contributed by atoms with Gasteiger partial charge in [0.05, 0.1) is 22.6 Å². The number of pyridine rings is 1. The molecular weight excluding hydrogens is 296 g/mol. The molecule has 1 aromatic heterocycles. The molecule has 2 aromatic carbocycles. The Morgan fingerprint density at radius 2 is 1.73 bits per heavy atom. The van der Waals surface area contributed by atoms with Gasteiger partial charge in [0.15, 0.2) is 0 Å².